The first-order chi connectivity index (χ1) is 20.1. The van der Waals surface area contributed by atoms with Gasteiger partial charge in [0.25, 0.3) is 27.2 Å². The largest absolute Gasteiger partial charge is 0.321 e. The maximum atomic E-state index is 13.5. The smallest absolute Gasteiger partial charge is 0.288 e. The first-order valence-electron chi connectivity index (χ1n) is 12.6. The van der Waals surface area contributed by atoms with E-state index in [0.717, 1.165) is 5.56 Å². The number of rotatable bonds is 9. The summed E-state index contributed by atoms with van der Waals surface area (Å²) < 4.78 is 55.3. The van der Waals surface area contributed by atoms with Crippen LogP contribution >= 0.6 is 11.8 Å². The molecule has 0 bridgehead atoms. The highest BCUT2D eigenvalue weighted by molar-refractivity contribution is 7.99. The lowest BCUT2D eigenvalue weighted by molar-refractivity contribution is 0.102. The number of carbonyl (C=O) groups is 1. The first-order valence-corrected chi connectivity index (χ1v) is 15.0. The number of sulfonamides is 1. The number of thioether (sulfide) groups is 1. The molecule has 42 heavy (non-hydrogen) atoms. The van der Waals surface area contributed by atoms with Crippen LogP contribution in [0.1, 0.15) is 21.6 Å². The first kappa shape index (κ1) is 29.0. The topological polar surface area (TPSA) is 110 Å². The van der Waals surface area contributed by atoms with Crippen LogP contribution in [0.3, 0.4) is 0 Å². The number of amides is 1. The average molecular weight is 607 g/mol. The summed E-state index contributed by atoms with van der Waals surface area (Å²) >= 11 is 0.357. The molecule has 1 heterocycles. The zero-order valence-corrected chi connectivity index (χ0v) is 23.8. The second-order valence-corrected chi connectivity index (χ2v) is 12.0. The molecular formula is C30H24F2N4O4S2. The number of fused-ring (bicyclic) bond motifs is 1. The lowest BCUT2D eigenvalue weighted by Crippen LogP contribution is -2.28. The Morgan fingerprint density at radius 2 is 1.55 bits per heavy atom. The lowest BCUT2D eigenvalue weighted by Gasteiger charge is -2.14. The SMILES string of the molecule is Cc1ccc(NC(=O)c2nn(Cc3ccccc3)c(=O)c3ccccc23)cc1S(=O)(=O)Nc1ccc(SC(F)F)cc1. The number of hydrogen-bond acceptors (Lipinski definition) is 6. The number of alkyl halides is 2. The molecule has 2 N–H and O–H groups in total. The van der Waals surface area contributed by atoms with Crippen molar-refractivity contribution >= 4 is 49.8 Å². The molecule has 1 amide bonds. The van der Waals surface area contributed by atoms with E-state index in [1.807, 2.05) is 30.3 Å². The molecule has 0 unspecified atom stereocenters. The van der Waals surface area contributed by atoms with Crippen molar-refractivity contribution in [3.63, 3.8) is 0 Å². The third-order valence-electron chi connectivity index (χ3n) is 6.33. The zero-order valence-electron chi connectivity index (χ0n) is 22.1. The summed E-state index contributed by atoms with van der Waals surface area (Å²) in [6.45, 7) is 1.77. The molecule has 0 aliphatic heterocycles. The van der Waals surface area contributed by atoms with Crippen molar-refractivity contribution in [1.29, 1.82) is 0 Å². The van der Waals surface area contributed by atoms with E-state index in [2.05, 4.69) is 15.1 Å². The van der Waals surface area contributed by atoms with Crippen LogP contribution in [0, 0.1) is 6.92 Å². The Kier molecular flexibility index (Phi) is 8.36. The molecule has 0 saturated carbocycles. The Balaban J connectivity index is 1.43. The summed E-state index contributed by atoms with van der Waals surface area (Å²) in [4.78, 5) is 26.8. The fourth-order valence-electron chi connectivity index (χ4n) is 4.34. The molecule has 0 saturated heterocycles. The molecule has 214 valence electrons. The Labute approximate surface area is 244 Å². The standard InChI is InChI=1S/C30H24F2N4O4S2/c1-19-11-12-22(17-26(19)42(39,40)35-21-13-15-23(16-14-21)41-30(31)32)33-28(37)27-24-9-5-6-10-25(24)29(38)36(34-27)18-20-7-3-2-4-8-20/h2-17,30,35H,18H2,1H3,(H,33,37). The third-order valence-corrected chi connectivity index (χ3v) is 8.57. The van der Waals surface area contributed by atoms with E-state index >= 15 is 0 Å². The monoisotopic (exact) mass is 606 g/mol. The molecule has 5 aromatic rings. The van der Waals surface area contributed by atoms with Crippen LogP contribution in [0.4, 0.5) is 20.2 Å². The fourth-order valence-corrected chi connectivity index (χ4v) is 6.17. The Hall–Kier alpha value is -4.55. The number of halogens is 2. The third kappa shape index (κ3) is 6.50. The Morgan fingerprint density at radius 3 is 2.24 bits per heavy atom. The highest BCUT2D eigenvalue weighted by Gasteiger charge is 2.21. The molecule has 0 aliphatic rings. The number of hydrogen-bond donors (Lipinski definition) is 2. The maximum Gasteiger partial charge on any atom is 0.288 e. The van der Waals surface area contributed by atoms with Crippen molar-refractivity contribution in [1.82, 2.24) is 9.78 Å². The second kappa shape index (κ2) is 12.1. The van der Waals surface area contributed by atoms with E-state index in [0.29, 0.717) is 33.0 Å². The predicted octanol–water partition coefficient (Wildman–Crippen LogP) is 6.12. The van der Waals surface area contributed by atoms with E-state index in [1.165, 1.54) is 35.0 Å². The van der Waals surface area contributed by atoms with E-state index in [4.69, 9.17) is 0 Å². The van der Waals surface area contributed by atoms with Gasteiger partial charge in [-0.05, 0) is 60.5 Å². The van der Waals surface area contributed by atoms with Gasteiger partial charge in [-0.2, -0.15) is 13.9 Å². The van der Waals surface area contributed by atoms with E-state index in [-0.39, 0.29) is 34.1 Å². The van der Waals surface area contributed by atoms with E-state index in [1.54, 1.807) is 43.3 Å². The summed E-state index contributed by atoms with van der Waals surface area (Å²) in [5, 5.41) is 7.76. The van der Waals surface area contributed by atoms with Gasteiger partial charge in [-0.3, -0.25) is 14.3 Å². The Bertz CT molecular complexity index is 1930. The molecule has 0 atom stereocenters. The highest BCUT2D eigenvalue weighted by Crippen LogP contribution is 2.28. The molecule has 0 radical (unpaired) electrons. The van der Waals surface area contributed by atoms with Gasteiger partial charge in [-0.15, -0.1) is 0 Å². The van der Waals surface area contributed by atoms with Crippen molar-refractivity contribution in [2.45, 2.75) is 29.0 Å². The summed E-state index contributed by atoms with van der Waals surface area (Å²) in [7, 11) is -4.10. The van der Waals surface area contributed by atoms with Gasteiger partial charge in [0.2, 0.25) is 0 Å². The lowest BCUT2D eigenvalue weighted by atomic mass is 10.1. The van der Waals surface area contributed by atoms with Crippen molar-refractivity contribution < 1.29 is 22.0 Å². The fraction of sp³-hybridized carbons (Fsp3) is 0.100. The summed E-state index contributed by atoms with van der Waals surface area (Å²) in [6, 6.07) is 25.9. The van der Waals surface area contributed by atoms with Gasteiger partial charge in [0, 0.05) is 21.7 Å². The summed E-state index contributed by atoms with van der Waals surface area (Å²) in [5.74, 6) is -3.21. The molecule has 12 heteroatoms. The number of aromatic nitrogens is 2. The normalized spacial score (nSPS) is 11.5. The maximum absolute atomic E-state index is 13.5. The zero-order chi connectivity index (χ0) is 29.9. The molecular weight excluding hydrogens is 582 g/mol. The van der Waals surface area contributed by atoms with E-state index in [9.17, 15) is 26.8 Å². The molecule has 0 aliphatic carbocycles. The van der Waals surface area contributed by atoms with Crippen LogP contribution in [-0.4, -0.2) is 29.9 Å². The number of nitrogens with zero attached hydrogens (tertiary/aromatic N) is 2. The quantitative estimate of drug-likeness (QED) is 0.196. The molecule has 5 rings (SSSR count). The molecule has 8 nitrogen and oxygen atoms in total. The van der Waals surface area contributed by atoms with Crippen molar-refractivity contribution in [3.8, 4) is 0 Å². The summed E-state index contributed by atoms with van der Waals surface area (Å²) in [6.07, 6.45) is 0. The van der Waals surface area contributed by atoms with Crippen LogP contribution in [0.5, 0.6) is 0 Å². The molecule has 4 aromatic carbocycles. The van der Waals surface area contributed by atoms with Crippen molar-refractivity contribution in [2.24, 2.45) is 0 Å². The van der Waals surface area contributed by atoms with Crippen LogP contribution in [-0.2, 0) is 16.6 Å². The van der Waals surface area contributed by atoms with Crippen LogP contribution in [0.2, 0.25) is 0 Å². The minimum atomic E-state index is -4.10. The van der Waals surface area contributed by atoms with Gasteiger partial charge in [0.1, 0.15) is 0 Å². The highest BCUT2D eigenvalue weighted by atomic mass is 32.2. The number of carbonyl (C=O) groups excluding carboxylic acids is 1. The number of benzene rings is 4. The minimum Gasteiger partial charge on any atom is -0.321 e. The van der Waals surface area contributed by atoms with Crippen LogP contribution in [0.25, 0.3) is 10.8 Å². The van der Waals surface area contributed by atoms with Gasteiger partial charge >= 0.3 is 0 Å². The van der Waals surface area contributed by atoms with Crippen molar-refractivity contribution in [2.75, 3.05) is 10.0 Å². The molecule has 0 spiro atoms. The van der Waals surface area contributed by atoms with Crippen molar-refractivity contribution in [3.05, 3.63) is 124 Å². The predicted molar refractivity (Wildman–Crippen MR) is 160 cm³/mol. The number of nitrogens with one attached hydrogen (secondary N) is 2. The van der Waals surface area contributed by atoms with Gasteiger partial charge < -0.3 is 5.32 Å². The molecule has 1 aromatic heterocycles. The summed E-state index contributed by atoms with van der Waals surface area (Å²) in [5.41, 5.74) is 1.30. The molecule has 0 fully saturated rings. The average Bonchev–Trinajstić information content (AvgIpc) is 2.96. The van der Waals surface area contributed by atoms with Gasteiger partial charge in [0.15, 0.2) is 5.69 Å². The number of anilines is 2. The second-order valence-electron chi connectivity index (χ2n) is 9.29. The van der Waals surface area contributed by atoms with Crippen LogP contribution < -0.4 is 15.6 Å². The Morgan fingerprint density at radius 1 is 0.905 bits per heavy atom. The van der Waals surface area contributed by atoms with Gasteiger partial charge in [0.05, 0.1) is 16.8 Å². The van der Waals surface area contributed by atoms with Gasteiger partial charge in [-0.25, -0.2) is 13.1 Å². The minimum absolute atomic E-state index is 0.00555. The van der Waals surface area contributed by atoms with Crippen LogP contribution in [0.15, 0.2) is 112 Å². The van der Waals surface area contributed by atoms with E-state index < -0.39 is 21.7 Å². The number of aryl methyl sites for hydroxylation is 1. The van der Waals surface area contributed by atoms with Gasteiger partial charge in [-0.1, -0.05) is 66.4 Å².